The van der Waals surface area contributed by atoms with Crippen molar-refractivity contribution in [2.75, 3.05) is 13.4 Å². The van der Waals surface area contributed by atoms with Crippen LogP contribution < -0.4 is 24.4 Å². The highest BCUT2D eigenvalue weighted by Crippen LogP contribution is 2.32. The lowest BCUT2D eigenvalue weighted by Crippen LogP contribution is -2.25. The molecule has 7 heteroatoms. The maximum atomic E-state index is 12.1. The molecule has 1 heterocycles. The van der Waals surface area contributed by atoms with E-state index in [4.69, 9.17) is 18.9 Å². The Kier molecular flexibility index (Phi) is 6.32. The van der Waals surface area contributed by atoms with Gasteiger partial charge in [0.15, 0.2) is 18.1 Å². The molecule has 1 aliphatic heterocycles. The van der Waals surface area contributed by atoms with E-state index in [0.29, 0.717) is 29.6 Å². The van der Waals surface area contributed by atoms with E-state index >= 15 is 0 Å². The van der Waals surface area contributed by atoms with Gasteiger partial charge in [-0.05, 0) is 55.0 Å². The van der Waals surface area contributed by atoms with E-state index in [1.54, 1.807) is 31.2 Å². The molecular formula is C24H22N2O5. The second-order valence-electron chi connectivity index (χ2n) is 6.83. The number of rotatable bonds is 8. The summed E-state index contributed by atoms with van der Waals surface area (Å²) < 4.78 is 21.9. The summed E-state index contributed by atoms with van der Waals surface area (Å²) in [7, 11) is 0. The van der Waals surface area contributed by atoms with Crippen LogP contribution in [0.25, 0.3) is 0 Å². The quantitative estimate of drug-likeness (QED) is 0.443. The molecule has 0 bridgehead atoms. The van der Waals surface area contributed by atoms with Crippen molar-refractivity contribution in [3.63, 3.8) is 0 Å². The fraction of sp³-hybridized carbons (Fsp3) is 0.167. The maximum absolute atomic E-state index is 12.1. The first-order valence-corrected chi connectivity index (χ1v) is 9.80. The Labute approximate surface area is 180 Å². The molecule has 0 aromatic heterocycles. The minimum absolute atomic E-state index is 0.151. The molecule has 0 fully saturated rings. The molecule has 0 saturated carbocycles. The third kappa shape index (κ3) is 5.54. The number of benzene rings is 3. The number of carbonyl (C=O) groups is 1. The van der Waals surface area contributed by atoms with Gasteiger partial charge < -0.3 is 18.9 Å². The van der Waals surface area contributed by atoms with Crippen LogP contribution in [-0.4, -0.2) is 25.0 Å². The highest BCUT2D eigenvalue weighted by molar-refractivity contribution is 5.99. The lowest BCUT2D eigenvalue weighted by atomic mass is 10.1. The van der Waals surface area contributed by atoms with Gasteiger partial charge in [-0.15, -0.1) is 0 Å². The van der Waals surface area contributed by atoms with Crippen LogP contribution in [0.15, 0.2) is 77.9 Å². The second kappa shape index (κ2) is 9.67. The van der Waals surface area contributed by atoms with Gasteiger partial charge in [0.2, 0.25) is 6.79 Å². The molecule has 7 nitrogen and oxygen atoms in total. The van der Waals surface area contributed by atoms with Crippen molar-refractivity contribution in [1.82, 2.24) is 5.43 Å². The van der Waals surface area contributed by atoms with Crippen LogP contribution in [0, 0.1) is 0 Å². The summed E-state index contributed by atoms with van der Waals surface area (Å²) in [6.45, 7) is 2.35. The zero-order chi connectivity index (χ0) is 21.5. The second-order valence-corrected chi connectivity index (χ2v) is 6.83. The minimum atomic E-state index is -0.357. The number of nitrogens with one attached hydrogen (secondary N) is 1. The molecule has 4 rings (SSSR count). The molecule has 1 amide bonds. The average molecular weight is 418 g/mol. The van der Waals surface area contributed by atoms with Gasteiger partial charge in [0.1, 0.15) is 18.1 Å². The largest absolute Gasteiger partial charge is 0.489 e. The number of nitrogens with zero attached hydrogens (tertiary/aromatic N) is 1. The third-order valence-corrected chi connectivity index (χ3v) is 4.58. The van der Waals surface area contributed by atoms with Crippen molar-refractivity contribution >= 4 is 11.6 Å². The zero-order valence-corrected chi connectivity index (χ0v) is 17.0. The van der Waals surface area contributed by atoms with E-state index < -0.39 is 0 Å². The summed E-state index contributed by atoms with van der Waals surface area (Å²) in [4.78, 5) is 12.1. The Hall–Kier alpha value is -4.00. The number of hydrazone groups is 1. The van der Waals surface area contributed by atoms with Gasteiger partial charge in [0, 0.05) is 5.56 Å². The molecule has 0 unspecified atom stereocenters. The molecule has 1 N–H and O–H groups in total. The van der Waals surface area contributed by atoms with Crippen LogP contribution >= 0.6 is 0 Å². The number of fused-ring (bicyclic) bond motifs is 1. The average Bonchev–Trinajstić information content (AvgIpc) is 3.29. The van der Waals surface area contributed by atoms with Gasteiger partial charge in [-0.2, -0.15) is 5.10 Å². The van der Waals surface area contributed by atoms with Crippen LogP contribution in [-0.2, 0) is 11.4 Å². The van der Waals surface area contributed by atoms with Gasteiger partial charge in [-0.25, -0.2) is 5.43 Å². The Morgan fingerprint density at radius 1 is 0.935 bits per heavy atom. The number of hydrogen-bond acceptors (Lipinski definition) is 6. The summed E-state index contributed by atoms with van der Waals surface area (Å²) in [6.07, 6.45) is 0. The first-order chi connectivity index (χ1) is 15.2. The summed E-state index contributed by atoms with van der Waals surface area (Å²) in [5, 5.41) is 4.12. The fourth-order valence-electron chi connectivity index (χ4n) is 2.89. The summed E-state index contributed by atoms with van der Waals surface area (Å²) in [5.74, 6) is 2.30. The summed E-state index contributed by atoms with van der Waals surface area (Å²) in [5.41, 5.74) is 5.06. The van der Waals surface area contributed by atoms with Crippen LogP contribution in [0.1, 0.15) is 18.1 Å². The topological polar surface area (TPSA) is 78.4 Å². The summed E-state index contributed by atoms with van der Waals surface area (Å²) in [6, 6.07) is 22.5. The molecule has 3 aromatic carbocycles. The molecule has 0 saturated heterocycles. The first-order valence-electron chi connectivity index (χ1n) is 9.80. The SMILES string of the molecule is C/C(=N\NC(=O)COc1ccc(OCc2ccccc2)cc1)c1ccc2c(c1)OCO2. The Bertz CT molecular complexity index is 1070. The maximum Gasteiger partial charge on any atom is 0.277 e. The van der Waals surface area contributed by atoms with E-state index in [0.717, 1.165) is 16.9 Å². The van der Waals surface area contributed by atoms with Gasteiger partial charge in [-0.3, -0.25) is 4.79 Å². The number of hydrogen-bond donors (Lipinski definition) is 1. The van der Waals surface area contributed by atoms with Crippen molar-refractivity contribution in [3.05, 3.63) is 83.9 Å². The molecule has 1 aliphatic rings. The summed E-state index contributed by atoms with van der Waals surface area (Å²) >= 11 is 0. The van der Waals surface area contributed by atoms with E-state index in [-0.39, 0.29) is 19.3 Å². The Morgan fingerprint density at radius 3 is 2.42 bits per heavy atom. The van der Waals surface area contributed by atoms with E-state index in [1.165, 1.54) is 0 Å². The van der Waals surface area contributed by atoms with Gasteiger partial charge in [0.25, 0.3) is 5.91 Å². The van der Waals surface area contributed by atoms with E-state index in [2.05, 4.69) is 10.5 Å². The Morgan fingerprint density at radius 2 is 1.65 bits per heavy atom. The molecule has 0 atom stereocenters. The molecule has 3 aromatic rings. The molecule has 0 radical (unpaired) electrons. The number of amides is 1. The Balaban J connectivity index is 1.23. The van der Waals surface area contributed by atoms with Gasteiger partial charge in [-0.1, -0.05) is 30.3 Å². The van der Waals surface area contributed by atoms with Crippen molar-refractivity contribution in [1.29, 1.82) is 0 Å². The normalized spacial score (nSPS) is 12.4. The van der Waals surface area contributed by atoms with Crippen molar-refractivity contribution in [3.8, 4) is 23.0 Å². The highest BCUT2D eigenvalue weighted by Gasteiger charge is 2.14. The van der Waals surface area contributed by atoms with Crippen LogP contribution in [0.3, 0.4) is 0 Å². The third-order valence-electron chi connectivity index (χ3n) is 4.58. The number of ether oxygens (including phenoxy) is 4. The molecule has 0 spiro atoms. The lowest BCUT2D eigenvalue weighted by Gasteiger charge is -2.09. The standard InChI is InChI=1S/C24H22N2O5/c1-17(19-7-12-22-23(13-19)31-16-30-22)25-26-24(27)15-29-21-10-8-20(9-11-21)28-14-18-5-3-2-4-6-18/h2-13H,14-16H2,1H3,(H,26,27)/b25-17+. The molecule has 31 heavy (non-hydrogen) atoms. The smallest absolute Gasteiger partial charge is 0.277 e. The van der Waals surface area contributed by atoms with Crippen LogP contribution in [0.2, 0.25) is 0 Å². The minimum Gasteiger partial charge on any atom is -0.489 e. The van der Waals surface area contributed by atoms with Crippen LogP contribution in [0.4, 0.5) is 0 Å². The van der Waals surface area contributed by atoms with Crippen LogP contribution in [0.5, 0.6) is 23.0 Å². The van der Waals surface area contributed by atoms with Crippen molar-refractivity contribution < 1.29 is 23.7 Å². The predicted octanol–water partition coefficient (Wildman–Crippen LogP) is 3.91. The monoisotopic (exact) mass is 418 g/mol. The van der Waals surface area contributed by atoms with E-state index in [9.17, 15) is 4.79 Å². The predicted molar refractivity (Wildman–Crippen MR) is 116 cm³/mol. The van der Waals surface area contributed by atoms with Gasteiger partial charge >= 0.3 is 0 Å². The molecule has 158 valence electrons. The first kappa shape index (κ1) is 20.3. The number of carbonyl (C=O) groups excluding carboxylic acids is 1. The van der Waals surface area contributed by atoms with Crippen molar-refractivity contribution in [2.45, 2.75) is 13.5 Å². The fourth-order valence-corrected chi connectivity index (χ4v) is 2.89. The van der Waals surface area contributed by atoms with Gasteiger partial charge in [0.05, 0.1) is 5.71 Å². The van der Waals surface area contributed by atoms with Crippen molar-refractivity contribution in [2.24, 2.45) is 5.10 Å². The molecular weight excluding hydrogens is 396 g/mol. The zero-order valence-electron chi connectivity index (χ0n) is 17.0. The molecule has 0 aliphatic carbocycles. The highest BCUT2D eigenvalue weighted by atomic mass is 16.7. The van der Waals surface area contributed by atoms with E-state index in [1.807, 2.05) is 48.5 Å². The lowest BCUT2D eigenvalue weighted by molar-refractivity contribution is -0.123.